The molecule has 0 aliphatic rings. The van der Waals surface area contributed by atoms with Gasteiger partial charge in [0.05, 0.1) is 0 Å². The van der Waals surface area contributed by atoms with Crippen molar-refractivity contribution in [2.75, 3.05) is 13.1 Å². The van der Waals surface area contributed by atoms with Crippen LogP contribution in [0.5, 0.6) is 0 Å². The van der Waals surface area contributed by atoms with Gasteiger partial charge in [0.1, 0.15) is 5.84 Å². The maximum Gasteiger partial charge on any atom is 0.144 e. The van der Waals surface area contributed by atoms with E-state index >= 15 is 0 Å². The second-order valence-electron chi connectivity index (χ2n) is 5.76. The fourth-order valence-corrected chi connectivity index (χ4v) is 1.68. The molecule has 0 atom stereocenters. The number of oxime groups is 1. The fourth-order valence-electron chi connectivity index (χ4n) is 1.68. The minimum absolute atomic E-state index is 0.214. The summed E-state index contributed by atoms with van der Waals surface area (Å²) in [7, 11) is 0. The van der Waals surface area contributed by atoms with Crippen LogP contribution in [0, 0.1) is 11.3 Å². The van der Waals surface area contributed by atoms with Gasteiger partial charge in [0, 0.05) is 5.41 Å². The highest BCUT2D eigenvalue weighted by molar-refractivity contribution is 5.85. The number of amidine groups is 1. The van der Waals surface area contributed by atoms with Gasteiger partial charge in [-0.05, 0) is 44.7 Å². The molecule has 4 N–H and O–H groups in total. The van der Waals surface area contributed by atoms with Crippen LogP contribution in [0.2, 0.25) is 0 Å². The molecule has 0 aromatic carbocycles. The van der Waals surface area contributed by atoms with Gasteiger partial charge in [-0.3, -0.25) is 0 Å². The number of nitrogens with two attached hydrogens (primary N) is 1. The van der Waals surface area contributed by atoms with Gasteiger partial charge < -0.3 is 16.3 Å². The molecule has 4 nitrogen and oxygen atoms in total. The number of nitrogens with one attached hydrogen (secondary N) is 1. The molecule has 0 saturated carbocycles. The molecule has 0 aliphatic carbocycles. The van der Waals surface area contributed by atoms with Crippen LogP contribution in [0.3, 0.4) is 0 Å². The first-order valence-electron chi connectivity index (χ1n) is 6.59. The number of hydrogen-bond donors (Lipinski definition) is 3. The molecule has 0 fully saturated rings. The Bertz CT molecular complexity index is 225. The third-order valence-electron chi connectivity index (χ3n) is 3.09. The molecule has 0 aromatic rings. The van der Waals surface area contributed by atoms with Crippen LogP contribution in [-0.2, 0) is 0 Å². The second-order valence-corrected chi connectivity index (χ2v) is 5.76. The summed E-state index contributed by atoms with van der Waals surface area (Å²) in [4.78, 5) is 0. The monoisotopic (exact) mass is 243 g/mol. The molecule has 0 heterocycles. The van der Waals surface area contributed by atoms with E-state index in [0.717, 1.165) is 31.8 Å². The van der Waals surface area contributed by atoms with Gasteiger partial charge in [-0.25, -0.2) is 0 Å². The van der Waals surface area contributed by atoms with E-state index in [2.05, 4.69) is 24.3 Å². The molecule has 4 heteroatoms. The molecule has 0 saturated heterocycles. The summed E-state index contributed by atoms with van der Waals surface area (Å²) in [5, 5.41) is 15.2. The van der Waals surface area contributed by atoms with Gasteiger partial charge in [0.25, 0.3) is 0 Å². The molecule has 0 spiro atoms. The van der Waals surface area contributed by atoms with Gasteiger partial charge in [-0.15, -0.1) is 0 Å². The first kappa shape index (κ1) is 16.2. The molecule has 0 amide bonds. The molecular formula is C13H29N3O. The van der Waals surface area contributed by atoms with Crippen molar-refractivity contribution >= 4 is 5.84 Å². The quantitative estimate of drug-likeness (QED) is 0.192. The zero-order valence-corrected chi connectivity index (χ0v) is 11.8. The van der Waals surface area contributed by atoms with Crippen LogP contribution in [0.1, 0.15) is 53.4 Å². The topological polar surface area (TPSA) is 70.6 Å². The summed E-state index contributed by atoms with van der Waals surface area (Å²) in [5.41, 5.74) is 5.41. The third-order valence-corrected chi connectivity index (χ3v) is 3.09. The van der Waals surface area contributed by atoms with Crippen molar-refractivity contribution in [3.8, 4) is 0 Å². The zero-order chi connectivity index (χ0) is 13.3. The van der Waals surface area contributed by atoms with Crippen molar-refractivity contribution in [1.29, 1.82) is 0 Å². The Hall–Kier alpha value is -0.770. The summed E-state index contributed by atoms with van der Waals surface area (Å²) in [6.45, 7) is 10.6. The average Bonchev–Trinajstić information content (AvgIpc) is 2.26. The molecule has 0 radical (unpaired) electrons. The number of nitrogens with zero attached hydrogens (tertiary/aromatic N) is 1. The van der Waals surface area contributed by atoms with Gasteiger partial charge in [-0.2, -0.15) is 0 Å². The first-order chi connectivity index (χ1) is 7.90. The van der Waals surface area contributed by atoms with Crippen LogP contribution in [0.15, 0.2) is 5.16 Å². The molecule has 0 unspecified atom stereocenters. The van der Waals surface area contributed by atoms with E-state index in [1.54, 1.807) is 0 Å². The molecule has 0 bridgehead atoms. The lowest BCUT2D eigenvalue weighted by atomic mass is 9.86. The van der Waals surface area contributed by atoms with Gasteiger partial charge in [0.15, 0.2) is 0 Å². The minimum Gasteiger partial charge on any atom is -0.409 e. The zero-order valence-electron chi connectivity index (χ0n) is 11.8. The SMILES string of the molecule is CC(C)CCCNCCCC(C)(C)C(N)=NO. The van der Waals surface area contributed by atoms with Gasteiger partial charge in [0.2, 0.25) is 0 Å². The molecule has 17 heavy (non-hydrogen) atoms. The molecule has 0 aromatic heterocycles. The Morgan fingerprint density at radius 2 is 1.88 bits per heavy atom. The predicted molar refractivity (Wildman–Crippen MR) is 73.4 cm³/mol. The van der Waals surface area contributed by atoms with Crippen molar-refractivity contribution in [3.63, 3.8) is 0 Å². The average molecular weight is 243 g/mol. The highest BCUT2D eigenvalue weighted by Crippen LogP contribution is 2.21. The minimum atomic E-state index is -0.214. The lowest BCUT2D eigenvalue weighted by Crippen LogP contribution is -2.32. The van der Waals surface area contributed by atoms with Crippen molar-refractivity contribution < 1.29 is 5.21 Å². The third kappa shape index (κ3) is 8.02. The Balaban J connectivity index is 3.52. The Labute approximate surface area is 106 Å². The maximum absolute atomic E-state index is 8.64. The van der Waals surface area contributed by atoms with Crippen molar-refractivity contribution in [3.05, 3.63) is 0 Å². The van der Waals surface area contributed by atoms with E-state index in [1.807, 2.05) is 13.8 Å². The van der Waals surface area contributed by atoms with E-state index < -0.39 is 0 Å². The van der Waals surface area contributed by atoms with E-state index in [-0.39, 0.29) is 5.41 Å². The van der Waals surface area contributed by atoms with Crippen LogP contribution in [0.25, 0.3) is 0 Å². The predicted octanol–water partition coefficient (Wildman–Crippen LogP) is 2.56. The standard InChI is InChI=1S/C13H29N3O/c1-11(2)7-5-9-15-10-6-8-13(3,4)12(14)16-17/h11,15,17H,5-10H2,1-4H3,(H2,14,16). The van der Waals surface area contributed by atoms with Gasteiger partial charge >= 0.3 is 0 Å². The van der Waals surface area contributed by atoms with Crippen LogP contribution in [-0.4, -0.2) is 24.1 Å². The summed E-state index contributed by atoms with van der Waals surface area (Å²) in [6.07, 6.45) is 4.49. The van der Waals surface area contributed by atoms with Gasteiger partial charge in [-0.1, -0.05) is 32.9 Å². The van der Waals surface area contributed by atoms with E-state index in [0.29, 0.717) is 5.84 Å². The van der Waals surface area contributed by atoms with E-state index in [4.69, 9.17) is 10.9 Å². The lowest BCUT2D eigenvalue weighted by Gasteiger charge is -2.22. The Morgan fingerprint density at radius 3 is 2.41 bits per heavy atom. The maximum atomic E-state index is 8.64. The van der Waals surface area contributed by atoms with Crippen LogP contribution < -0.4 is 11.1 Å². The normalized spacial score (nSPS) is 13.4. The number of rotatable bonds is 9. The summed E-state index contributed by atoms with van der Waals surface area (Å²) < 4.78 is 0. The highest BCUT2D eigenvalue weighted by atomic mass is 16.4. The van der Waals surface area contributed by atoms with Crippen LogP contribution >= 0.6 is 0 Å². The van der Waals surface area contributed by atoms with Crippen molar-refractivity contribution in [2.45, 2.75) is 53.4 Å². The molecule has 0 rings (SSSR count). The highest BCUT2D eigenvalue weighted by Gasteiger charge is 2.22. The smallest absolute Gasteiger partial charge is 0.144 e. The summed E-state index contributed by atoms with van der Waals surface area (Å²) >= 11 is 0. The lowest BCUT2D eigenvalue weighted by molar-refractivity contribution is 0.304. The Kier molecular flexibility index (Phi) is 7.96. The summed E-state index contributed by atoms with van der Waals surface area (Å²) in [6, 6.07) is 0. The largest absolute Gasteiger partial charge is 0.409 e. The second kappa shape index (κ2) is 8.34. The van der Waals surface area contributed by atoms with E-state index in [1.165, 1.54) is 12.8 Å². The fraction of sp³-hybridized carbons (Fsp3) is 0.923. The van der Waals surface area contributed by atoms with Crippen molar-refractivity contribution in [2.24, 2.45) is 22.2 Å². The van der Waals surface area contributed by atoms with E-state index in [9.17, 15) is 0 Å². The molecule has 0 aliphatic heterocycles. The van der Waals surface area contributed by atoms with Crippen LogP contribution in [0.4, 0.5) is 0 Å². The van der Waals surface area contributed by atoms with Crippen molar-refractivity contribution in [1.82, 2.24) is 5.32 Å². The first-order valence-corrected chi connectivity index (χ1v) is 6.59. The molecule has 102 valence electrons. The summed E-state index contributed by atoms with van der Waals surface area (Å²) in [5.74, 6) is 1.11. The number of hydrogen-bond acceptors (Lipinski definition) is 3. The molecular weight excluding hydrogens is 214 g/mol. The Morgan fingerprint density at radius 1 is 1.29 bits per heavy atom.